The lowest BCUT2D eigenvalue weighted by molar-refractivity contribution is -0.123. The smallest absolute Gasteiger partial charge is 0.255 e. The van der Waals surface area contributed by atoms with Crippen molar-refractivity contribution in [3.05, 3.63) is 48.3 Å². The molecule has 1 aliphatic heterocycles. The normalized spacial score (nSPS) is 16.0. The van der Waals surface area contributed by atoms with Crippen LogP contribution in [0.15, 0.2) is 42.7 Å². The van der Waals surface area contributed by atoms with E-state index in [1.807, 2.05) is 52.0 Å². The number of hydrogen-bond acceptors (Lipinski definition) is 8. The molecule has 3 amide bonds. The highest BCUT2D eigenvalue weighted by atomic mass is 16.5. The number of aromatic nitrogens is 1. The first kappa shape index (κ1) is 33.8. The second-order valence-corrected chi connectivity index (χ2v) is 11.7. The second-order valence-electron chi connectivity index (χ2n) is 11.7. The van der Waals surface area contributed by atoms with E-state index in [-0.39, 0.29) is 61.4 Å². The van der Waals surface area contributed by atoms with Crippen LogP contribution in [0.4, 0.5) is 11.4 Å². The van der Waals surface area contributed by atoms with E-state index >= 15 is 0 Å². The summed E-state index contributed by atoms with van der Waals surface area (Å²) in [5, 5.41) is 25.2. The predicted molar refractivity (Wildman–Crippen MR) is 165 cm³/mol. The van der Waals surface area contributed by atoms with Gasteiger partial charge in [0.2, 0.25) is 11.8 Å². The van der Waals surface area contributed by atoms with Crippen LogP contribution >= 0.6 is 0 Å². The number of nitrogens with zero attached hydrogens (tertiary/aromatic N) is 3. The maximum absolute atomic E-state index is 13.8. The number of pyridine rings is 1. The molecule has 0 unspecified atom stereocenters. The topological polar surface area (TPSA) is 144 Å². The van der Waals surface area contributed by atoms with E-state index in [1.54, 1.807) is 17.2 Å². The molecule has 0 fully saturated rings. The van der Waals surface area contributed by atoms with Gasteiger partial charge in [-0.1, -0.05) is 52.7 Å². The highest BCUT2D eigenvalue weighted by Gasteiger charge is 2.25. The van der Waals surface area contributed by atoms with Crippen molar-refractivity contribution in [2.45, 2.75) is 65.5 Å². The molecule has 2 heterocycles. The summed E-state index contributed by atoms with van der Waals surface area (Å²) in [4.78, 5) is 47.6. The van der Waals surface area contributed by atoms with E-state index in [4.69, 9.17) is 4.74 Å². The largest absolute Gasteiger partial charge is 0.491 e. The number of carbonyl (C=O) groups is 3. The molecule has 1 aromatic heterocycles. The van der Waals surface area contributed by atoms with Gasteiger partial charge >= 0.3 is 0 Å². The summed E-state index contributed by atoms with van der Waals surface area (Å²) >= 11 is 0. The fraction of sp³-hybridized carbons (Fsp3) is 0.562. The number of hydrogen-bond donors (Lipinski definition) is 4. The summed E-state index contributed by atoms with van der Waals surface area (Å²) in [6, 6.07) is 8.28. The van der Waals surface area contributed by atoms with E-state index in [2.05, 4.69) is 15.6 Å². The van der Waals surface area contributed by atoms with Crippen molar-refractivity contribution < 1.29 is 29.3 Å². The quantitative estimate of drug-likeness (QED) is 0.327. The first-order valence-electron chi connectivity index (χ1n) is 15.2. The Kier molecular flexibility index (Phi) is 13.2. The maximum atomic E-state index is 13.8. The summed E-state index contributed by atoms with van der Waals surface area (Å²) < 4.78 is 6.16. The van der Waals surface area contributed by atoms with E-state index in [1.165, 1.54) is 11.1 Å². The minimum atomic E-state index is -0.408. The molecule has 0 saturated carbocycles. The molecule has 2 atom stereocenters. The average Bonchev–Trinajstić information content (AvgIpc) is 2.99. The van der Waals surface area contributed by atoms with Crippen molar-refractivity contribution in [2.24, 2.45) is 11.8 Å². The van der Waals surface area contributed by atoms with Crippen molar-refractivity contribution in [2.75, 3.05) is 44.4 Å². The number of aliphatic hydroxyl groups excluding tert-OH is 2. The van der Waals surface area contributed by atoms with E-state index in [0.29, 0.717) is 36.7 Å². The predicted octanol–water partition coefficient (Wildman–Crippen LogP) is 2.88. The number of amides is 3. The molecule has 2 bridgehead atoms. The van der Waals surface area contributed by atoms with Crippen LogP contribution in [-0.2, 0) is 9.59 Å². The Morgan fingerprint density at radius 1 is 0.907 bits per heavy atom. The average molecular weight is 598 g/mol. The van der Waals surface area contributed by atoms with Gasteiger partial charge < -0.3 is 35.4 Å². The molecule has 11 heteroatoms. The molecular formula is C32H47N5O6. The number of anilines is 2. The monoisotopic (exact) mass is 597 g/mol. The van der Waals surface area contributed by atoms with Crippen molar-refractivity contribution in [1.29, 1.82) is 0 Å². The molecule has 2 aromatic rings. The molecule has 0 saturated heterocycles. The van der Waals surface area contributed by atoms with Crippen LogP contribution in [0.1, 0.15) is 63.7 Å². The Morgan fingerprint density at radius 3 is 2.19 bits per heavy atom. The van der Waals surface area contributed by atoms with Crippen LogP contribution in [-0.4, -0.2) is 89.4 Å². The summed E-state index contributed by atoms with van der Waals surface area (Å²) in [6.45, 7) is 7.91. The summed E-state index contributed by atoms with van der Waals surface area (Å²) in [6.07, 6.45) is 6.29. The number of fused-ring (bicyclic) bond motifs is 3. The Balaban J connectivity index is 1.98. The fourth-order valence-corrected chi connectivity index (χ4v) is 4.85. The number of benzene rings is 1. The van der Waals surface area contributed by atoms with Gasteiger partial charge in [0.05, 0.1) is 61.6 Å². The van der Waals surface area contributed by atoms with Crippen LogP contribution in [0.3, 0.4) is 0 Å². The summed E-state index contributed by atoms with van der Waals surface area (Å²) in [5.74, 6) is -0.322. The number of para-hydroxylation sites is 2. The number of rotatable bonds is 10. The number of nitrogens with one attached hydrogen (secondary N) is 2. The zero-order chi connectivity index (χ0) is 31.4. The minimum absolute atomic E-state index is 0.0338. The van der Waals surface area contributed by atoms with Gasteiger partial charge in [0.1, 0.15) is 12.3 Å². The second kappa shape index (κ2) is 16.8. The van der Waals surface area contributed by atoms with Gasteiger partial charge in [-0.15, -0.1) is 0 Å². The van der Waals surface area contributed by atoms with Gasteiger partial charge in [0.25, 0.3) is 5.91 Å². The van der Waals surface area contributed by atoms with Gasteiger partial charge in [0, 0.05) is 12.7 Å². The molecule has 4 N–H and O–H groups in total. The summed E-state index contributed by atoms with van der Waals surface area (Å²) in [5.41, 5.74) is 1.42. The molecule has 1 aliphatic rings. The van der Waals surface area contributed by atoms with Gasteiger partial charge in [-0.2, -0.15) is 0 Å². The third-order valence-electron chi connectivity index (χ3n) is 7.64. The Hall–Kier alpha value is -3.70. The molecule has 0 aliphatic carbocycles. The van der Waals surface area contributed by atoms with Crippen LogP contribution in [0.5, 0.6) is 5.75 Å². The van der Waals surface area contributed by atoms with Crippen LogP contribution in [0, 0.1) is 11.8 Å². The van der Waals surface area contributed by atoms with Gasteiger partial charge in [-0.25, -0.2) is 0 Å². The van der Waals surface area contributed by atoms with Crippen molar-refractivity contribution in [3.63, 3.8) is 0 Å². The zero-order valence-corrected chi connectivity index (χ0v) is 25.8. The van der Waals surface area contributed by atoms with Crippen molar-refractivity contribution >= 4 is 29.1 Å². The molecule has 236 valence electrons. The van der Waals surface area contributed by atoms with Crippen molar-refractivity contribution in [3.8, 4) is 5.75 Å². The molecule has 43 heavy (non-hydrogen) atoms. The maximum Gasteiger partial charge on any atom is 0.255 e. The molecular weight excluding hydrogens is 550 g/mol. The lowest BCUT2D eigenvalue weighted by atomic mass is 10.1. The fourth-order valence-electron chi connectivity index (χ4n) is 4.85. The van der Waals surface area contributed by atoms with Gasteiger partial charge in [0.15, 0.2) is 0 Å². The number of carbonyl (C=O) groups excluding carboxylic acids is 3. The third kappa shape index (κ3) is 9.93. The van der Waals surface area contributed by atoms with Crippen LogP contribution < -0.4 is 20.3 Å². The van der Waals surface area contributed by atoms with Gasteiger partial charge in [-0.3, -0.25) is 19.4 Å². The lowest BCUT2D eigenvalue weighted by Crippen LogP contribution is -2.47. The zero-order valence-electron chi connectivity index (χ0n) is 25.8. The SMILES string of the molecule is CC(C)[C@@H](CO)NC(=O)CN1CCCCCCOc2ccccc2N(CC(=O)N[C@H](CO)C(C)C)c2cncc(c2)C1=O. The van der Waals surface area contributed by atoms with Crippen LogP contribution in [0.2, 0.25) is 0 Å². The first-order valence-corrected chi connectivity index (χ1v) is 15.2. The Bertz CT molecular complexity index is 1210. The molecule has 0 spiro atoms. The van der Waals surface area contributed by atoms with E-state index in [9.17, 15) is 24.6 Å². The molecule has 3 rings (SSSR count). The lowest BCUT2D eigenvalue weighted by Gasteiger charge is -2.28. The third-order valence-corrected chi connectivity index (χ3v) is 7.64. The van der Waals surface area contributed by atoms with Crippen LogP contribution in [0.25, 0.3) is 0 Å². The molecule has 1 aromatic carbocycles. The number of ether oxygens (including phenoxy) is 1. The van der Waals surface area contributed by atoms with E-state index in [0.717, 1.165) is 19.3 Å². The number of aliphatic hydroxyl groups is 2. The molecule has 11 nitrogen and oxygen atoms in total. The minimum Gasteiger partial charge on any atom is -0.491 e. The highest BCUT2D eigenvalue weighted by molar-refractivity contribution is 5.97. The first-order chi connectivity index (χ1) is 20.6. The van der Waals surface area contributed by atoms with E-state index < -0.39 is 12.1 Å². The van der Waals surface area contributed by atoms with Gasteiger partial charge in [-0.05, 0) is 42.9 Å². The Labute approximate surface area is 254 Å². The Morgan fingerprint density at radius 2 is 1.53 bits per heavy atom. The van der Waals surface area contributed by atoms with Crippen molar-refractivity contribution in [1.82, 2.24) is 20.5 Å². The summed E-state index contributed by atoms with van der Waals surface area (Å²) in [7, 11) is 0. The standard InChI is InChI=1S/C32H47N5O6/c1-22(2)26(20-38)34-30(40)18-36-13-9-5-6-10-14-43-29-12-8-7-11-28(29)37(19-31(41)35-27(21-39)23(3)4)25-15-24(32(36)42)16-33-17-25/h7-8,11-12,15-17,22-23,26-27,38-39H,5-6,9-10,13-14,18-21H2,1-4H3,(H,34,40)(H,35,41)/t26-,27-/m1/s1. The highest BCUT2D eigenvalue weighted by Crippen LogP contribution is 2.34. The molecule has 0 radical (unpaired) electrons.